The van der Waals surface area contributed by atoms with E-state index in [1.807, 2.05) is 37.3 Å². The van der Waals surface area contributed by atoms with E-state index in [0.29, 0.717) is 24.3 Å². The molecule has 9 heteroatoms. The number of hydrogen-bond acceptors (Lipinski definition) is 6. The lowest BCUT2D eigenvalue weighted by Crippen LogP contribution is -2.42. The lowest BCUT2D eigenvalue weighted by molar-refractivity contribution is 0.0983. The van der Waals surface area contributed by atoms with Crippen molar-refractivity contribution in [1.29, 1.82) is 0 Å². The fourth-order valence-electron chi connectivity index (χ4n) is 3.55. The van der Waals surface area contributed by atoms with Gasteiger partial charge in [-0.3, -0.25) is 19.1 Å². The number of anilines is 2. The van der Waals surface area contributed by atoms with Crippen LogP contribution in [0, 0.1) is 6.92 Å². The minimum absolute atomic E-state index is 0.0776. The van der Waals surface area contributed by atoms with Crippen LogP contribution in [0.4, 0.5) is 11.5 Å². The van der Waals surface area contributed by atoms with Gasteiger partial charge >= 0.3 is 5.69 Å². The average molecular weight is 453 g/mol. The lowest BCUT2D eigenvalue weighted by Gasteiger charge is -2.25. The molecule has 1 amide bonds. The molecule has 2 aromatic carbocycles. The maximum Gasteiger partial charge on any atom is 0.330 e. The number of nitrogens with zero attached hydrogens (tertiary/aromatic N) is 2. The molecule has 174 valence electrons. The molecule has 0 saturated heterocycles. The van der Waals surface area contributed by atoms with Crippen molar-refractivity contribution in [3.05, 3.63) is 86.1 Å². The first-order valence-corrected chi connectivity index (χ1v) is 10.5. The second-order valence-corrected chi connectivity index (χ2v) is 7.55. The number of aryl methyl sites for hydroxylation is 1. The SMILES string of the molecule is COCCCN(C(=O)c1ccc(C)c(OC)c1)c1c(N)n(Cc2ccccc2)c(=O)[nH]c1=O. The molecule has 0 unspecified atom stereocenters. The molecule has 1 heterocycles. The molecule has 0 spiro atoms. The minimum Gasteiger partial charge on any atom is -0.496 e. The molecular formula is C24H28N4O5. The number of nitrogens with two attached hydrogens (primary N) is 1. The van der Waals surface area contributed by atoms with Gasteiger partial charge in [-0.05, 0) is 36.6 Å². The molecule has 0 bridgehead atoms. The summed E-state index contributed by atoms with van der Waals surface area (Å²) in [6, 6.07) is 14.3. The van der Waals surface area contributed by atoms with Gasteiger partial charge in [0, 0.05) is 25.8 Å². The number of benzene rings is 2. The standard InChI is InChI=1S/C24H28N4O5/c1-16-10-11-18(14-19(16)33-3)23(30)27(12-7-13-32-2)20-21(25)28(24(31)26-22(20)29)15-17-8-5-4-6-9-17/h4-6,8-11,14H,7,12-13,15,25H2,1-3H3,(H,26,29,31). The van der Waals surface area contributed by atoms with Gasteiger partial charge in [-0.15, -0.1) is 0 Å². The van der Waals surface area contributed by atoms with Gasteiger partial charge in [0.15, 0.2) is 5.69 Å². The first-order valence-electron chi connectivity index (χ1n) is 10.5. The normalized spacial score (nSPS) is 10.8. The van der Waals surface area contributed by atoms with Crippen molar-refractivity contribution in [3.8, 4) is 5.75 Å². The summed E-state index contributed by atoms with van der Waals surface area (Å²) >= 11 is 0. The highest BCUT2D eigenvalue weighted by molar-refractivity contribution is 6.07. The van der Waals surface area contributed by atoms with Crippen molar-refractivity contribution in [2.75, 3.05) is 38.0 Å². The molecule has 33 heavy (non-hydrogen) atoms. The number of amides is 1. The van der Waals surface area contributed by atoms with Crippen molar-refractivity contribution < 1.29 is 14.3 Å². The number of aromatic amines is 1. The van der Waals surface area contributed by atoms with Crippen molar-refractivity contribution in [3.63, 3.8) is 0 Å². The molecule has 0 aliphatic carbocycles. The van der Waals surface area contributed by atoms with E-state index in [-0.39, 0.29) is 24.6 Å². The summed E-state index contributed by atoms with van der Waals surface area (Å²) < 4.78 is 11.7. The molecule has 3 rings (SSSR count). The zero-order valence-corrected chi connectivity index (χ0v) is 19.0. The van der Waals surface area contributed by atoms with Crippen LogP contribution in [-0.4, -0.2) is 42.8 Å². The molecule has 9 nitrogen and oxygen atoms in total. The van der Waals surface area contributed by atoms with E-state index in [1.165, 1.54) is 16.6 Å². The number of rotatable bonds is 9. The highest BCUT2D eigenvalue weighted by Gasteiger charge is 2.25. The van der Waals surface area contributed by atoms with E-state index in [9.17, 15) is 14.4 Å². The molecule has 3 aromatic rings. The smallest absolute Gasteiger partial charge is 0.330 e. The molecule has 1 aromatic heterocycles. The molecule has 0 aliphatic heterocycles. The molecule has 0 atom stereocenters. The third kappa shape index (κ3) is 5.32. The van der Waals surface area contributed by atoms with Gasteiger partial charge in [0.1, 0.15) is 11.6 Å². The van der Waals surface area contributed by atoms with E-state index in [0.717, 1.165) is 11.1 Å². The Balaban J connectivity index is 2.10. The number of hydrogen-bond donors (Lipinski definition) is 2. The minimum atomic E-state index is -0.730. The third-order valence-corrected chi connectivity index (χ3v) is 5.30. The van der Waals surface area contributed by atoms with Crippen LogP contribution in [0.3, 0.4) is 0 Å². The Bertz CT molecular complexity index is 1230. The summed E-state index contributed by atoms with van der Waals surface area (Å²) in [4.78, 5) is 42.5. The van der Waals surface area contributed by atoms with E-state index in [1.54, 1.807) is 25.3 Å². The fourth-order valence-corrected chi connectivity index (χ4v) is 3.55. The summed E-state index contributed by atoms with van der Waals surface area (Å²) in [6.45, 7) is 2.56. The predicted octanol–water partition coefficient (Wildman–Crippen LogP) is 2.17. The van der Waals surface area contributed by atoms with Gasteiger partial charge in [0.25, 0.3) is 11.5 Å². The monoisotopic (exact) mass is 452 g/mol. The summed E-state index contributed by atoms with van der Waals surface area (Å²) in [6.07, 6.45) is 0.460. The molecule has 0 saturated carbocycles. The van der Waals surface area contributed by atoms with E-state index in [4.69, 9.17) is 15.2 Å². The highest BCUT2D eigenvalue weighted by Crippen LogP contribution is 2.24. The molecule has 0 fully saturated rings. The Kier molecular flexibility index (Phi) is 7.68. The van der Waals surface area contributed by atoms with Crippen molar-refractivity contribution >= 4 is 17.4 Å². The number of methoxy groups -OCH3 is 2. The van der Waals surface area contributed by atoms with Crippen molar-refractivity contribution in [2.45, 2.75) is 19.9 Å². The second kappa shape index (κ2) is 10.6. The van der Waals surface area contributed by atoms with Crippen LogP contribution in [-0.2, 0) is 11.3 Å². The van der Waals surface area contributed by atoms with Gasteiger partial charge in [-0.1, -0.05) is 36.4 Å². The number of nitrogens with one attached hydrogen (secondary N) is 1. The number of H-pyrrole nitrogens is 1. The van der Waals surface area contributed by atoms with Crippen molar-refractivity contribution in [1.82, 2.24) is 9.55 Å². The van der Waals surface area contributed by atoms with Gasteiger partial charge in [0.05, 0.1) is 13.7 Å². The Hall–Kier alpha value is -3.85. The number of nitrogen functional groups attached to an aromatic ring is 1. The third-order valence-electron chi connectivity index (χ3n) is 5.30. The molecule has 3 N–H and O–H groups in total. The first kappa shape index (κ1) is 23.8. The number of carbonyl (C=O) groups is 1. The van der Waals surface area contributed by atoms with Crippen LogP contribution in [0.15, 0.2) is 58.1 Å². The summed E-state index contributed by atoms with van der Waals surface area (Å²) in [5.74, 6) is 0.0255. The van der Waals surface area contributed by atoms with Crippen molar-refractivity contribution in [2.24, 2.45) is 0 Å². The molecular weight excluding hydrogens is 424 g/mol. The second-order valence-electron chi connectivity index (χ2n) is 7.55. The molecule has 0 radical (unpaired) electrons. The first-order chi connectivity index (χ1) is 15.9. The quantitative estimate of drug-likeness (QED) is 0.480. The summed E-state index contributed by atoms with van der Waals surface area (Å²) in [7, 11) is 3.08. The van der Waals surface area contributed by atoms with Crippen LogP contribution >= 0.6 is 0 Å². The fraction of sp³-hybridized carbons (Fsp3) is 0.292. The number of aromatic nitrogens is 2. The number of carbonyl (C=O) groups excluding carboxylic acids is 1. The van der Waals surface area contributed by atoms with Gasteiger partial charge in [-0.2, -0.15) is 0 Å². The van der Waals surface area contributed by atoms with Gasteiger partial charge in [-0.25, -0.2) is 4.79 Å². The van der Waals surface area contributed by atoms with Crippen LogP contribution in [0.2, 0.25) is 0 Å². The summed E-state index contributed by atoms with van der Waals surface area (Å²) in [5, 5.41) is 0. The Morgan fingerprint density at radius 3 is 2.52 bits per heavy atom. The van der Waals surface area contributed by atoms with Gasteiger partial charge in [0.2, 0.25) is 0 Å². The van der Waals surface area contributed by atoms with E-state index < -0.39 is 17.2 Å². The topological polar surface area (TPSA) is 120 Å². The highest BCUT2D eigenvalue weighted by atomic mass is 16.5. The Labute approximate surface area is 191 Å². The molecule has 0 aliphatic rings. The summed E-state index contributed by atoms with van der Waals surface area (Å²) in [5.41, 5.74) is 6.89. The van der Waals surface area contributed by atoms with Crippen LogP contribution < -0.4 is 26.6 Å². The average Bonchev–Trinajstić information content (AvgIpc) is 2.81. The Morgan fingerprint density at radius 1 is 1.12 bits per heavy atom. The zero-order chi connectivity index (χ0) is 24.0. The largest absolute Gasteiger partial charge is 0.496 e. The number of ether oxygens (including phenoxy) is 2. The van der Waals surface area contributed by atoms with Crippen LogP contribution in [0.1, 0.15) is 27.9 Å². The predicted molar refractivity (Wildman–Crippen MR) is 127 cm³/mol. The van der Waals surface area contributed by atoms with Crippen LogP contribution in [0.25, 0.3) is 0 Å². The lowest BCUT2D eigenvalue weighted by atomic mass is 10.1. The van der Waals surface area contributed by atoms with E-state index >= 15 is 0 Å². The maximum atomic E-state index is 13.5. The van der Waals surface area contributed by atoms with Gasteiger partial charge < -0.3 is 20.1 Å². The zero-order valence-electron chi connectivity index (χ0n) is 19.0. The van der Waals surface area contributed by atoms with Crippen LogP contribution in [0.5, 0.6) is 5.75 Å². The van der Waals surface area contributed by atoms with E-state index in [2.05, 4.69) is 4.98 Å². The maximum absolute atomic E-state index is 13.5. The Morgan fingerprint density at radius 2 is 1.85 bits per heavy atom.